The largest absolute Gasteiger partial charge is 0.378 e. The van der Waals surface area contributed by atoms with Crippen molar-refractivity contribution in [3.8, 4) is 0 Å². The van der Waals surface area contributed by atoms with Gasteiger partial charge in [-0.1, -0.05) is 6.08 Å². The minimum absolute atomic E-state index is 0.674. The molecule has 0 fully saturated rings. The van der Waals surface area contributed by atoms with Crippen LogP contribution in [0.3, 0.4) is 0 Å². The molecule has 5 nitrogen and oxygen atoms in total. The summed E-state index contributed by atoms with van der Waals surface area (Å²) in [6.07, 6.45) is 1.80. The summed E-state index contributed by atoms with van der Waals surface area (Å²) in [7, 11) is 4.04. The Kier molecular flexibility index (Phi) is 4.77. The average molecular weight is 283 g/mol. The van der Waals surface area contributed by atoms with E-state index in [1.54, 1.807) is 6.08 Å². The molecule has 0 unspecified atom stereocenters. The summed E-state index contributed by atoms with van der Waals surface area (Å²) in [6.45, 7) is 6.23. The van der Waals surface area contributed by atoms with Crippen LogP contribution in [0.5, 0.6) is 0 Å². The van der Waals surface area contributed by atoms with Gasteiger partial charge in [-0.2, -0.15) is 0 Å². The molecule has 0 bridgehead atoms. The highest BCUT2D eigenvalue weighted by atomic mass is 15.1. The van der Waals surface area contributed by atoms with Crippen molar-refractivity contribution in [3.63, 3.8) is 0 Å². The Labute approximate surface area is 125 Å². The highest BCUT2D eigenvalue weighted by Crippen LogP contribution is 2.20. The summed E-state index contributed by atoms with van der Waals surface area (Å²) in [6, 6.07) is 10.1. The molecule has 1 aromatic carbocycles. The maximum atomic E-state index is 4.40. The molecule has 1 heterocycles. The summed E-state index contributed by atoms with van der Waals surface area (Å²) in [5.74, 6) is 2.28. The molecular formula is C16H21N5. The van der Waals surface area contributed by atoms with Gasteiger partial charge >= 0.3 is 0 Å². The van der Waals surface area contributed by atoms with Gasteiger partial charge < -0.3 is 15.5 Å². The number of nitrogens with zero attached hydrogens (tertiary/aromatic N) is 3. The van der Waals surface area contributed by atoms with Crippen LogP contribution >= 0.6 is 0 Å². The summed E-state index contributed by atoms with van der Waals surface area (Å²) in [5.41, 5.74) is 2.15. The number of anilines is 4. The summed E-state index contributed by atoms with van der Waals surface area (Å²) < 4.78 is 0. The van der Waals surface area contributed by atoms with E-state index in [0.29, 0.717) is 6.54 Å². The molecule has 0 atom stereocenters. The fourth-order valence-corrected chi connectivity index (χ4v) is 1.89. The minimum Gasteiger partial charge on any atom is -0.378 e. The quantitative estimate of drug-likeness (QED) is 0.797. The summed E-state index contributed by atoms with van der Waals surface area (Å²) in [4.78, 5) is 10.8. The molecule has 110 valence electrons. The number of nitrogens with one attached hydrogen (secondary N) is 2. The third-order valence-electron chi connectivity index (χ3n) is 2.92. The molecule has 2 N–H and O–H groups in total. The Bertz CT molecular complexity index is 605. The first-order valence-electron chi connectivity index (χ1n) is 6.83. The second-order valence-corrected chi connectivity index (χ2v) is 4.92. The molecule has 5 heteroatoms. The second-order valence-electron chi connectivity index (χ2n) is 4.92. The van der Waals surface area contributed by atoms with E-state index < -0.39 is 0 Å². The molecule has 2 rings (SSSR count). The lowest BCUT2D eigenvalue weighted by Gasteiger charge is -2.13. The van der Waals surface area contributed by atoms with E-state index in [1.165, 1.54) is 0 Å². The maximum absolute atomic E-state index is 4.40. The molecule has 0 aliphatic rings. The van der Waals surface area contributed by atoms with Gasteiger partial charge in [-0.05, 0) is 31.2 Å². The van der Waals surface area contributed by atoms with Crippen LogP contribution in [0, 0.1) is 6.92 Å². The molecule has 1 aromatic heterocycles. The normalized spacial score (nSPS) is 10.0. The Balaban J connectivity index is 2.14. The highest BCUT2D eigenvalue weighted by molar-refractivity contribution is 5.62. The first-order chi connectivity index (χ1) is 10.1. The van der Waals surface area contributed by atoms with Crippen molar-refractivity contribution in [2.45, 2.75) is 6.92 Å². The first-order valence-corrected chi connectivity index (χ1v) is 6.83. The van der Waals surface area contributed by atoms with Crippen LogP contribution in [0.4, 0.5) is 23.0 Å². The van der Waals surface area contributed by atoms with Crippen LogP contribution in [-0.4, -0.2) is 30.6 Å². The average Bonchev–Trinajstić information content (AvgIpc) is 2.45. The first kappa shape index (κ1) is 14.8. The monoisotopic (exact) mass is 283 g/mol. The van der Waals surface area contributed by atoms with E-state index >= 15 is 0 Å². The molecular weight excluding hydrogens is 262 g/mol. The highest BCUT2D eigenvalue weighted by Gasteiger charge is 2.02. The molecule has 0 amide bonds. The van der Waals surface area contributed by atoms with Gasteiger partial charge in [0.25, 0.3) is 0 Å². The van der Waals surface area contributed by atoms with Gasteiger partial charge in [0.2, 0.25) is 0 Å². The lowest BCUT2D eigenvalue weighted by molar-refractivity contribution is 1.05. The molecule has 0 spiro atoms. The molecule has 0 saturated carbocycles. The lowest BCUT2D eigenvalue weighted by Crippen LogP contribution is -2.08. The molecule has 2 aromatic rings. The Morgan fingerprint density at radius 3 is 2.43 bits per heavy atom. The van der Waals surface area contributed by atoms with Crippen LogP contribution < -0.4 is 15.5 Å². The van der Waals surface area contributed by atoms with Crippen LogP contribution in [-0.2, 0) is 0 Å². The number of hydrogen-bond acceptors (Lipinski definition) is 5. The van der Waals surface area contributed by atoms with Gasteiger partial charge in [0.05, 0.1) is 0 Å². The van der Waals surface area contributed by atoms with Crippen molar-refractivity contribution in [2.75, 3.05) is 36.2 Å². The third-order valence-corrected chi connectivity index (χ3v) is 2.92. The lowest BCUT2D eigenvalue weighted by atomic mass is 10.2. The van der Waals surface area contributed by atoms with E-state index in [0.717, 1.165) is 28.8 Å². The third kappa shape index (κ3) is 4.21. The SMILES string of the molecule is C=CCNc1cc(Nc2ccc(N(C)C)cc2)nc(C)n1. The van der Waals surface area contributed by atoms with Gasteiger partial charge in [-0.25, -0.2) is 9.97 Å². The predicted molar refractivity (Wildman–Crippen MR) is 89.5 cm³/mol. The zero-order valence-corrected chi connectivity index (χ0v) is 12.7. The van der Waals surface area contributed by atoms with E-state index in [2.05, 4.69) is 44.2 Å². The predicted octanol–water partition coefficient (Wildman–Crippen LogP) is 3.19. The number of rotatable bonds is 6. The van der Waals surface area contributed by atoms with E-state index in [-0.39, 0.29) is 0 Å². The van der Waals surface area contributed by atoms with E-state index in [9.17, 15) is 0 Å². The Morgan fingerprint density at radius 2 is 1.81 bits per heavy atom. The fraction of sp³-hybridized carbons (Fsp3) is 0.250. The van der Waals surface area contributed by atoms with Crippen molar-refractivity contribution < 1.29 is 0 Å². The van der Waals surface area contributed by atoms with Gasteiger partial charge in [0, 0.05) is 38.1 Å². The van der Waals surface area contributed by atoms with Crippen LogP contribution in [0.2, 0.25) is 0 Å². The maximum Gasteiger partial charge on any atom is 0.136 e. The molecule has 0 aliphatic heterocycles. The smallest absolute Gasteiger partial charge is 0.136 e. The van der Waals surface area contributed by atoms with E-state index in [1.807, 2.05) is 39.2 Å². The number of hydrogen-bond donors (Lipinski definition) is 2. The van der Waals surface area contributed by atoms with E-state index in [4.69, 9.17) is 0 Å². The Hall–Kier alpha value is -2.56. The molecule has 0 saturated heterocycles. The fourth-order valence-electron chi connectivity index (χ4n) is 1.89. The Morgan fingerprint density at radius 1 is 1.14 bits per heavy atom. The number of aromatic nitrogens is 2. The van der Waals surface area contributed by atoms with Crippen molar-refractivity contribution in [1.82, 2.24) is 9.97 Å². The van der Waals surface area contributed by atoms with Crippen molar-refractivity contribution in [3.05, 3.63) is 48.8 Å². The van der Waals surface area contributed by atoms with Crippen LogP contribution in [0.25, 0.3) is 0 Å². The van der Waals surface area contributed by atoms with Crippen molar-refractivity contribution in [2.24, 2.45) is 0 Å². The summed E-state index contributed by atoms with van der Waals surface area (Å²) in [5, 5.41) is 6.46. The number of benzene rings is 1. The van der Waals surface area contributed by atoms with Crippen LogP contribution in [0.1, 0.15) is 5.82 Å². The van der Waals surface area contributed by atoms with Crippen molar-refractivity contribution >= 4 is 23.0 Å². The zero-order chi connectivity index (χ0) is 15.2. The number of aryl methyl sites for hydroxylation is 1. The molecule has 0 aliphatic carbocycles. The molecule has 21 heavy (non-hydrogen) atoms. The zero-order valence-electron chi connectivity index (χ0n) is 12.7. The second kappa shape index (κ2) is 6.74. The van der Waals surface area contributed by atoms with Crippen LogP contribution in [0.15, 0.2) is 43.0 Å². The molecule has 0 radical (unpaired) electrons. The van der Waals surface area contributed by atoms with Gasteiger partial charge in [0.1, 0.15) is 17.5 Å². The topological polar surface area (TPSA) is 53.1 Å². The standard InChI is InChI=1S/C16H21N5/c1-5-10-17-15-11-16(19-12(2)18-15)20-13-6-8-14(9-7-13)21(3)4/h5-9,11H,1,10H2,2-4H3,(H2,17,18,19,20). The van der Waals surface area contributed by atoms with Gasteiger partial charge in [-0.3, -0.25) is 0 Å². The minimum atomic E-state index is 0.674. The summed E-state index contributed by atoms with van der Waals surface area (Å²) >= 11 is 0. The van der Waals surface area contributed by atoms with Gasteiger partial charge in [-0.15, -0.1) is 6.58 Å². The van der Waals surface area contributed by atoms with Crippen molar-refractivity contribution in [1.29, 1.82) is 0 Å². The van der Waals surface area contributed by atoms with Gasteiger partial charge in [0.15, 0.2) is 0 Å².